The molecule has 0 saturated carbocycles. The van der Waals surface area contributed by atoms with Crippen molar-refractivity contribution in [1.29, 1.82) is 0 Å². The van der Waals surface area contributed by atoms with Crippen LogP contribution in [0.4, 0.5) is 20.3 Å². The maximum absolute atomic E-state index is 16.0. The van der Waals surface area contributed by atoms with Crippen LogP contribution < -0.4 is 9.80 Å². The second kappa shape index (κ2) is 9.90. The number of hydrogen-bond acceptors (Lipinski definition) is 7. The predicted octanol–water partition coefficient (Wildman–Crippen LogP) is 3.17. The minimum Gasteiger partial charge on any atom is -0.447 e. The average Bonchev–Trinajstić information content (AvgIpc) is 3.61. The summed E-state index contributed by atoms with van der Waals surface area (Å²) in [5, 5.41) is 17.4. The summed E-state index contributed by atoms with van der Waals surface area (Å²) in [6, 6.07) is 5.44. The number of ether oxygens (including phenoxy) is 2. The zero-order chi connectivity index (χ0) is 27.2. The van der Waals surface area contributed by atoms with Crippen molar-refractivity contribution in [3.8, 4) is 0 Å². The molecule has 1 aromatic carbocycles. The first-order valence-electron chi connectivity index (χ1n) is 13.0. The van der Waals surface area contributed by atoms with Crippen LogP contribution >= 0.6 is 0 Å². The summed E-state index contributed by atoms with van der Waals surface area (Å²) in [4.78, 5) is 29.6. The molecule has 1 N–H and O–H groups in total. The van der Waals surface area contributed by atoms with Crippen molar-refractivity contribution in [2.24, 2.45) is 5.92 Å². The molecule has 2 aromatic rings. The van der Waals surface area contributed by atoms with E-state index in [-0.39, 0.29) is 19.1 Å². The first kappa shape index (κ1) is 26.5. The molecule has 3 aliphatic heterocycles. The number of carbonyl (C=O) groups excluding carboxylic acids is 2. The molecule has 1 spiro atoms. The van der Waals surface area contributed by atoms with Crippen molar-refractivity contribution < 1.29 is 28.3 Å². The number of carbonyl (C=O) groups is 2. The summed E-state index contributed by atoms with van der Waals surface area (Å²) in [7, 11) is -3.31. The SMILES string of the molecule is C=CCN1C(=O)[C@@]2(O[C@@H](CCn3cc(CCO)nn3)[C@H]([Si](C)(C)F)[C@H]2C)c2cc(N3CCOC3=O)ccc21. The van der Waals surface area contributed by atoms with Gasteiger partial charge in [0, 0.05) is 55.0 Å². The smallest absolute Gasteiger partial charge is 0.414 e. The lowest BCUT2D eigenvalue weighted by atomic mass is 9.82. The highest BCUT2D eigenvalue weighted by Crippen LogP contribution is 2.60. The summed E-state index contributed by atoms with van der Waals surface area (Å²) in [5.41, 5.74) is 0.781. The van der Waals surface area contributed by atoms with E-state index in [2.05, 4.69) is 16.9 Å². The first-order valence-corrected chi connectivity index (χ1v) is 16.0. The molecule has 2 saturated heterocycles. The Bertz CT molecular complexity index is 1250. The Morgan fingerprint density at radius 1 is 1.34 bits per heavy atom. The van der Waals surface area contributed by atoms with Crippen molar-refractivity contribution in [3.63, 3.8) is 0 Å². The second-order valence-corrected chi connectivity index (χ2v) is 14.5. The normalized spacial score (nSPS) is 26.9. The van der Waals surface area contributed by atoms with Crippen LogP contribution in [-0.2, 0) is 32.8 Å². The Morgan fingerprint density at radius 2 is 2.13 bits per heavy atom. The van der Waals surface area contributed by atoms with Gasteiger partial charge in [0.2, 0.25) is 8.41 Å². The standard InChI is InChI=1S/C26H34FN5O5Si/c1-5-10-32-21-7-6-19(31-12-14-36-25(31)35)15-20(21)26(24(32)34)17(2)23(38(3,4)27)22(37-26)8-11-30-16-18(9-13-33)28-29-30/h5-7,15-17,22-23,33H,1,8-14H2,2-4H3/t17-,22+,23-,26+/m1/s1. The highest BCUT2D eigenvalue weighted by atomic mass is 28.4. The van der Waals surface area contributed by atoms with Gasteiger partial charge < -0.3 is 23.6 Å². The van der Waals surface area contributed by atoms with E-state index in [9.17, 15) is 9.59 Å². The Balaban J connectivity index is 1.53. The van der Waals surface area contributed by atoms with E-state index in [0.717, 1.165) is 0 Å². The van der Waals surface area contributed by atoms with Gasteiger partial charge in [-0.15, -0.1) is 11.7 Å². The van der Waals surface area contributed by atoms with Gasteiger partial charge in [-0.25, -0.2) is 4.79 Å². The molecule has 0 unspecified atom stereocenters. The van der Waals surface area contributed by atoms with Crippen LogP contribution in [0.25, 0.3) is 0 Å². The third-order valence-corrected chi connectivity index (χ3v) is 10.4. The van der Waals surface area contributed by atoms with Gasteiger partial charge in [-0.1, -0.05) is 18.2 Å². The monoisotopic (exact) mass is 543 g/mol. The number of anilines is 2. The summed E-state index contributed by atoms with van der Waals surface area (Å²) >= 11 is 0. The lowest BCUT2D eigenvalue weighted by Crippen LogP contribution is -2.45. The fraction of sp³-hybridized carbons (Fsp3) is 0.538. The Kier molecular flexibility index (Phi) is 6.91. The molecule has 5 rings (SSSR count). The molecule has 0 aliphatic carbocycles. The van der Waals surface area contributed by atoms with Crippen LogP contribution in [0, 0.1) is 5.92 Å². The number of rotatable bonds is 9. The zero-order valence-corrected chi connectivity index (χ0v) is 23.0. The number of benzene rings is 1. The van der Waals surface area contributed by atoms with E-state index in [4.69, 9.17) is 14.6 Å². The van der Waals surface area contributed by atoms with Crippen LogP contribution in [-0.4, -0.2) is 72.9 Å². The highest BCUT2D eigenvalue weighted by molar-refractivity contribution is 6.72. The fourth-order valence-corrected chi connectivity index (χ4v) is 8.89. The van der Waals surface area contributed by atoms with Crippen molar-refractivity contribution in [3.05, 3.63) is 48.3 Å². The van der Waals surface area contributed by atoms with E-state index in [1.54, 1.807) is 41.0 Å². The number of aliphatic hydroxyl groups is 1. The van der Waals surface area contributed by atoms with Crippen LogP contribution in [0.1, 0.15) is 24.6 Å². The Hall–Kier alpha value is -3.09. The van der Waals surface area contributed by atoms with E-state index < -0.39 is 37.7 Å². The number of aliphatic hydroxyl groups excluding tert-OH is 1. The molecule has 2 amide bonds. The summed E-state index contributed by atoms with van der Waals surface area (Å²) in [6.07, 6.45) is 3.31. The number of aryl methyl sites for hydroxylation is 1. The van der Waals surface area contributed by atoms with Crippen molar-refractivity contribution in [2.75, 3.05) is 36.1 Å². The van der Waals surface area contributed by atoms with Gasteiger partial charge in [0.15, 0.2) is 5.60 Å². The van der Waals surface area contributed by atoms with Gasteiger partial charge in [-0.3, -0.25) is 14.4 Å². The number of fused-ring (bicyclic) bond motifs is 2. The van der Waals surface area contributed by atoms with E-state index in [1.165, 1.54) is 4.90 Å². The number of amides is 2. The van der Waals surface area contributed by atoms with Crippen LogP contribution in [0.5, 0.6) is 0 Å². The molecule has 38 heavy (non-hydrogen) atoms. The van der Waals surface area contributed by atoms with Gasteiger partial charge in [-0.05, 0) is 37.7 Å². The number of nitrogens with zero attached hydrogens (tertiary/aromatic N) is 5. The number of aromatic nitrogens is 3. The van der Waals surface area contributed by atoms with Gasteiger partial charge >= 0.3 is 6.09 Å². The van der Waals surface area contributed by atoms with Crippen LogP contribution in [0.2, 0.25) is 18.6 Å². The van der Waals surface area contributed by atoms with E-state index in [1.807, 2.05) is 19.1 Å². The molecule has 4 atom stereocenters. The largest absolute Gasteiger partial charge is 0.447 e. The van der Waals surface area contributed by atoms with Crippen LogP contribution in [0.3, 0.4) is 0 Å². The second-order valence-electron chi connectivity index (χ2n) is 10.7. The molecule has 2 fully saturated rings. The third kappa shape index (κ3) is 4.24. The molecular formula is C26H34FN5O5Si. The molecule has 12 heteroatoms. The molecule has 1 aromatic heterocycles. The van der Waals surface area contributed by atoms with Gasteiger partial charge in [-0.2, -0.15) is 0 Å². The van der Waals surface area contributed by atoms with E-state index >= 15 is 4.11 Å². The summed E-state index contributed by atoms with van der Waals surface area (Å²) in [5.74, 6) is -0.681. The molecule has 0 bridgehead atoms. The minimum atomic E-state index is -3.31. The quantitative estimate of drug-likeness (QED) is 0.294. The molecule has 3 aliphatic rings. The zero-order valence-electron chi connectivity index (χ0n) is 22.0. The maximum atomic E-state index is 16.0. The molecular weight excluding hydrogens is 509 g/mol. The molecule has 0 radical (unpaired) electrons. The van der Waals surface area contributed by atoms with Crippen LogP contribution in [0.15, 0.2) is 37.1 Å². The first-order chi connectivity index (χ1) is 18.1. The lowest BCUT2D eigenvalue weighted by molar-refractivity contribution is -0.145. The number of cyclic esters (lactones) is 1. The average molecular weight is 544 g/mol. The lowest BCUT2D eigenvalue weighted by Gasteiger charge is -2.31. The van der Waals surface area contributed by atoms with Gasteiger partial charge in [0.1, 0.15) is 6.61 Å². The molecule has 204 valence electrons. The maximum Gasteiger partial charge on any atom is 0.414 e. The van der Waals surface area contributed by atoms with E-state index in [0.29, 0.717) is 55.2 Å². The molecule has 10 nitrogen and oxygen atoms in total. The summed E-state index contributed by atoms with van der Waals surface area (Å²) in [6.45, 7) is 10.5. The van der Waals surface area contributed by atoms with Crippen molar-refractivity contribution in [1.82, 2.24) is 15.0 Å². The summed E-state index contributed by atoms with van der Waals surface area (Å²) < 4.78 is 29.5. The van der Waals surface area contributed by atoms with Gasteiger partial charge in [0.25, 0.3) is 5.91 Å². The van der Waals surface area contributed by atoms with Crippen molar-refractivity contribution in [2.45, 2.75) is 56.7 Å². The minimum absolute atomic E-state index is 0.0198. The van der Waals surface area contributed by atoms with Crippen molar-refractivity contribution >= 4 is 31.8 Å². The van der Waals surface area contributed by atoms with Gasteiger partial charge in [0.05, 0.1) is 24.0 Å². The Morgan fingerprint density at radius 3 is 2.79 bits per heavy atom. The topological polar surface area (TPSA) is 110 Å². The Labute approximate surface area is 222 Å². The number of halogens is 1. The fourth-order valence-electron chi connectivity index (χ4n) is 6.35. The highest BCUT2D eigenvalue weighted by Gasteiger charge is 2.66. The molecule has 4 heterocycles. The number of hydrogen-bond donors (Lipinski definition) is 1. The third-order valence-electron chi connectivity index (χ3n) is 7.93. The predicted molar refractivity (Wildman–Crippen MR) is 141 cm³/mol.